The number of nitrogens with one attached hydrogen (secondary N) is 1. The van der Waals surface area contributed by atoms with E-state index in [4.69, 9.17) is 26.2 Å². The van der Waals surface area contributed by atoms with Crippen molar-refractivity contribution >= 4 is 28.6 Å². The minimum Gasteiger partial charge on any atom is -0.478 e. The molecule has 0 aliphatic carbocycles. The molecule has 0 bridgehead atoms. The van der Waals surface area contributed by atoms with Crippen LogP contribution >= 0.6 is 11.6 Å². The monoisotopic (exact) mass is 662 g/mol. The first kappa shape index (κ1) is 32.5. The Labute approximate surface area is 274 Å². The molecule has 1 aliphatic rings. The first-order chi connectivity index (χ1) is 22.8. The molecule has 0 amide bonds. The molecule has 0 unspecified atom stereocenters. The van der Waals surface area contributed by atoms with Crippen molar-refractivity contribution in [1.82, 2.24) is 19.8 Å². The van der Waals surface area contributed by atoms with Crippen molar-refractivity contribution in [3.05, 3.63) is 101 Å². The van der Waals surface area contributed by atoms with E-state index in [0.717, 1.165) is 56.5 Å². The third-order valence-corrected chi connectivity index (χ3v) is 8.48. The van der Waals surface area contributed by atoms with Gasteiger partial charge in [-0.2, -0.15) is 4.98 Å². The Bertz CT molecular complexity index is 1860. The predicted molar refractivity (Wildman–Crippen MR) is 175 cm³/mol. The fourth-order valence-electron chi connectivity index (χ4n) is 5.64. The number of piperazine rings is 1. The highest BCUT2D eigenvalue weighted by molar-refractivity contribution is 6.33. The molecular weight excluding hydrogens is 630 g/mol. The number of fused-ring (bicyclic) bond motifs is 1. The average Bonchev–Trinajstić information content (AvgIpc) is 3.47. The van der Waals surface area contributed by atoms with Crippen molar-refractivity contribution in [3.63, 3.8) is 0 Å². The molecule has 5 aromatic rings. The van der Waals surface area contributed by atoms with Crippen molar-refractivity contribution in [2.24, 2.45) is 0 Å². The van der Waals surface area contributed by atoms with E-state index in [1.807, 2.05) is 12.1 Å². The van der Waals surface area contributed by atoms with Crippen LogP contribution in [0.25, 0.3) is 33.3 Å². The zero-order valence-corrected chi connectivity index (χ0v) is 26.1. The number of hydrogen-bond acceptors (Lipinski definition) is 7. The number of halogens is 3. The van der Waals surface area contributed by atoms with Gasteiger partial charge in [0, 0.05) is 45.3 Å². The molecule has 1 aromatic heterocycles. The maximum atomic E-state index is 15.7. The van der Waals surface area contributed by atoms with Gasteiger partial charge in [-0.15, -0.1) is 0 Å². The number of benzene rings is 4. The average molecular weight is 663 g/mol. The lowest BCUT2D eigenvalue weighted by atomic mass is 9.98. The minimum atomic E-state index is -1.23. The van der Waals surface area contributed by atoms with Gasteiger partial charge in [0.25, 0.3) is 6.01 Å². The fourth-order valence-corrected chi connectivity index (χ4v) is 5.83. The Morgan fingerprint density at radius 2 is 1.55 bits per heavy atom. The number of carbonyl (C=O) groups is 1. The van der Waals surface area contributed by atoms with Gasteiger partial charge < -0.3 is 24.7 Å². The van der Waals surface area contributed by atoms with Crippen LogP contribution in [-0.4, -0.2) is 88.5 Å². The molecule has 6 rings (SSSR count). The smallest absolute Gasteiger partial charge is 0.337 e. The minimum absolute atomic E-state index is 0.0367. The summed E-state index contributed by atoms with van der Waals surface area (Å²) in [5, 5.41) is 18.2. The predicted octanol–water partition coefficient (Wildman–Crippen LogP) is 6.45. The number of carboxylic acid groups (broad SMARTS) is 1. The summed E-state index contributed by atoms with van der Waals surface area (Å²) in [4.78, 5) is 23.1. The first-order valence-electron chi connectivity index (χ1n) is 15.2. The summed E-state index contributed by atoms with van der Waals surface area (Å²) in [6.45, 7) is 6.71. The normalized spacial score (nSPS) is 14.1. The van der Waals surface area contributed by atoms with Gasteiger partial charge in [0.05, 0.1) is 41.5 Å². The van der Waals surface area contributed by atoms with Crippen LogP contribution in [0.15, 0.2) is 72.8 Å². The van der Waals surface area contributed by atoms with Crippen molar-refractivity contribution in [2.45, 2.75) is 6.54 Å². The van der Waals surface area contributed by atoms with Crippen molar-refractivity contribution < 1.29 is 33.3 Å². The van der Waals surface area contributed by atoms with Gasteiger partial charge in [0.15, 0.2) is 5.82 Å². The second-order valence-corrected chi connectivity index (χ2v) is 11.7. The van der Waals surface area contributed by atoms with Crippen LogP contribution in [0, 0.1) is 11.6 Å². The zero-order chi connectivity index (χ0) is 32.9. The van der Waals surface area contributed by atoms with E-state index < -0.39 is 17.6 Å². The number of nitrogens with zero attached hydrogens (tertiary/aromatic N) is 3. The summed E-state index contributed by atoms with van der Waals surface area (Å²) in [5.74, 6) is -2.73. The van der Waals surface area contributed by atoms with Gasteiger partial charge in [-0.25, -0.2) is 13.6 Å². The molecule has 0 radical (unpaired) electrons. The van der Waals surface area contributed by atoms with Gasteiger partial charge in [-0.3, -0.25) is 9.80 Å². The molecule has 9 nitrogen and oxygen atoms in total. The Morgan fingerprint density at radius 1 is 0.894 bits per heavy atom. The summed E-state index contributed by atoms with van der Waals surface area (Å²) in [6.07, 6.45) is 0. The number of rotatable bonds is 12. The number of hydrogen-bond donors (Lipinski definition) is 3. The third-order valence-electron chi connectivity index (χ3n) is 8.15. The Kier molecular flexibility index (Phi) is 10.1. The van der Waals surface area contributed by atoms with Crippen LogP contribution in [0.3, 0.4) is 0 Å². The lowest BCUT2D eigenvalue weighted by Crippen LogP contribution is -2.46. The van der Waals surface area contributed by atoms with E-state index in [2.05, 4.69) is 44.0 Å². The lowest BCUT2D eigenvalue weighted by molar-refractivity contribution is 0.0564. The Balaban J connectivity index is 1.11. The largest absolute Gasteiger partial charge is 0.478 e. The molecule has 1 aliphatic heterocycles. The van der Waals surface area contributed by atoms with E-state index in [1.54, 1.807) is 12.1 Å². The number of H-pyrrole nitrogens is 1. The van der Waals surface area contributed by atoms with E-state index >= 15 is 8.78 Å². The molecule has 0 spiro atoms. The molecule has 12 heteroatoms. The van der Waals surface area contributed by atoms with E-state index in [1.165, 1.54) is 23.8 Å². The third kappa shape index (κ3) is 7.61. The maximum Gasteiger partial charge on any atom is 0.337 e. The molecule has 1 fully saturated rings. The standard InChI is InChI=1S/C35H33ClF2N4O5/c36-28-10-9-26(19-27(28)34(44)45)47-35-39-30-20-29(37)31(32(38)33(30)40-35)25-7-5-24(6-8-25)23-3-1-22(2-4-23)21-42-13-11-41(12-14-42)15-17-46-18-16-43/h1-10,19-20,43H,11-18,21H2,(H,39,40)(H,44,45). The molecule has 1 saturated heterocycles. The second-order valence-electron chi connectivity index (χ2n) is 11.3. The van der Waals surface area contributed by atoms with Crippen LogP contribution in [0.1, 0.15) is 15.9 Å². The second kappa shape index (κ2) is 14.6. The van der Waals surface area contributed by atoms with Crippen LogP contribution < -0.4 is 4.74 Å². The molecule has 244 valence electrons. The summed E-state index contributed by atoms with van der Waals surface area (Å²) >= 11 is 5.92. The molecule has 47 heavy (non-hydrogen) atoms. The van der Waals surface area contributed by atoms with Gasteiger partial charge >= 0.3 is 5.97 Å². The topological polar surface area (TPSA) is 111 Å². The SMILES string of the molecule is O=C(O)c1cc(Oc2nc3c(F)c(-c4ccc(-c5ccc(CN6CCN(CCOCCO)CC6)cc5)cc4)c(F)cc3[nH]2)ccc1Cl. The molecule has 3 N–H and O–H groups in total. The van der Waals surface area contributed by atoms with E-state index in [-0.39, 0.29) is 45.5 Å². The highest BCUT2D eigenvalue weighted by Crippen LogP contribution is 2.34. The Hall–Kier alpha value is -4.39. The van der Waals surface area contributed by atoms with Crippen molar-refractivity contribution in [3.8, 4) is 34.0 Å². The Morgan fingerprint density at radius 3 is 2.23 bits per heavy atom. The van der Waals surface area contributed by atoms with Crippen molar-refractivity contribution in [2.75, 3.05) is 52.5 Å². The summed E-state index contributed by atoms with van der Waals surface area (Å²) < 4.78 is 41.9. The zero-order valence-electron chi connectivity index (χ0n) is 25.4. The summed E-state index contributed by atoms with van der Waals surface area (Å²) in [6, 6.07) is 20.4. The van der Waals surface area contributed by atoms with Gasteiger partial charge in [-0.05, 0) is 40.5 Å². The summed E-state index contributed by atoms with van der Waals surface area (Å²) in [7, 11) is 0. The van der Waals surface area contributed by atoms with Crippen molar-refractivity contribution in [1.29, 1.82) is 0 Å². The number of imidazole rings is 1. The number of ether oxygens (including phenoxy) is 2. The van der Waals surface area contributed by atoms with Crippen LogP contribution in [0.2, 0.25) is 5.02 Å². The number of aromatic carboxylic acids is 1. The number of aliphatic hydroxyl groups is 1. The number of carboxylic acids is 1. The maximum absolute atomic E-state index is 15.7. The van der Waals surface area contributed by atoms with Crippen LogP contribution in [0.5, 0.6) is 11.8 Å². The van der Waals surface area contributed by atoms with Crippen LogP contribution in [0.4, 0.5) is 8.78 Å². The molecule has 2 heterocycles. The molecule has 4 aromatic carbocycles. The fraction of sp³-hybridized carbons (Fsp3) is 0.257. The molecule has 0 atom stereocenters. The number of aliphatic hydroxyl groups excluding tert-OH is 1. The van der Waals surface area contributed by atoms with Gasteiger partial charge in [0.2, 0.25) is 0 Å². The van der Waals surface area contributed by atoms with Gasteiger partial charge in [-0.1, -0.05) is 60.1 Å². The van der Waals surface area contributed by atoms with E-state index in [0.29, 0.717) is 18.8 Å². The highest BCUT2D eigenvalue weighted by atomic mass is 35.5. The number of aromatic amines is 1. The molecule has 0 saturated carbocycles. The lowest BCUT2D eigenvalue weighted by Gasteiger charge is -2.34. The van der Waals surface area contributed by atoms with Crippen LogP contribution in [-0.2, 0) is 11.3 Å². The van der Waals surface area contributed by atoms with Gasteiger partial charge in [0.1, 0.15) is 17.1 Å². The number of aromatic nitrogens is 2. The summed E-state index contributed by atoms with van der Waals surface area (Å²) in [5.41, 5.74) is 3.08. The highest BCUT2D eigenvalue weighted by Gasteiger charge is 2.21. The first-order valence-corrected chi connectivity index (χ1v) is 15.6. The molecular formula is C35H33ClF2N4O5. The quantitative estimate of drug-likeness (QED) is 0.131. The van der Waals surface area contributed by atoms with E-state index in [9.17, 15) is 9.90 Å².